The van der Waals surface area contributed by atoms with Crippen LogP contribution in [0.15, 0.2) is 72.8 Å². The highest BCUT2D eigenvalue weighted by molar-refractivity contribution is 6.08. The summed E-state index contributed by atoms with van der Waals surface area (Å²) in [4.78, 5) is 51.2. The van der Waals surface area contributed by atoms with Gasteiger partial charge in [-0.05, 0) is 28.3 Å². The Labute approximate surface area is 217 Å². The van der Waals surface area contributed by atoms with E-state index in [1.54, 1.807) is 6.07 Å². The van der Waals surface area contributed by atoms with Gasteiger partial charge in [-0.3, -0.25) is 24.6 Å². The highest BCUT2D eigenvalue weighted by Gasteiger charge is 2.78. The third kappa shape index (κ3) is 2.73. The Balaban J connectivity index is 1.05. The molecular weight excluding hydrogens is 488 g/mol. The van der Waals surface area contributed by atoms with Gasteiger partial charge in [-0.2, -0.15) is 0 Å². The molecule has 3 aliphatic carbocycles. The summed E-state index contributed by atoms with van der Waals surface area (Å²) < 4.78 is 10.5. The van der Waals surface area contributed by atoms with Crippen LogP contribution < -0.4 is 4.74 Å². The van der Waals surface area contributed by atoms with E-state index >= 15 is 0 Å². The molecule has 1 saturated heterocycles. The SMILES string of the molecule is O=C(COc1ccccc1[N+](=O)[O-])OCCN1C(=O)[C@@H]2[C@H](C1=O)[C@H]1c3ccccc3C13c1ccccc1[C@H]23. The second kappa shape index (κ2) is 7.98. The van der Waals surface area contributed by atoms with Gasteiger partial charge in [-0.1, -0.05) is 60.7 Å². The summed E-state index contributed by atoms with van der Waals surface area (Å²) in [6.07, 6.45) is 0. The molecule has 38 heavy (non-hydrogen) atoms. The number of nitro benzene ring substituents is 1. The third-order valence-corrected chi connectivity index (χ3v) is 8.66. The van der Waals surface area contributed by atoms with Crippen LogP contribution in [0.5, 0.6) is 5.75 Å². The lowest BCUT2D eigenvalue weighted by Crippen LogP contribution is -2.55. The lowest BCUT2D eigenvalue weighted by molar-refractivity contribution is -0.385. The molecule has 1 saturated carbocycles. The molecule has 2 amide bonds. The molecule has 1 spiro atoms. The number of likely N-dealkylation sites (tertiary alicyclic amines) is 1. The number of benzene rings is 3. The fourth-order valence-corrected chi connectivity index (χ4v) is 7.44. The first kappa shape index (κ1) is 22.7. The van der Waals surface area contributed by atoms with E-state index in [-0.39, 0.29) is 53.7 Å². The molecule has 9 nitrogen and oxygen atoms in total. The number of fused-ring (bicyclic) bond motifs is 7. The van der Waals surface area contributed by atoms with Gasteiger partial charge in [0, 0.05) is 23.3 Å². The minimum Gasteiger partial charge on any atom is -0.475 e. The largest absolute Gasteiger partial charge is 0.475 e. The van der Waals surface area contributed by atoms with Crippen LogP contribution in [0.4, 0.5) is 5.69 Å². The first-order valence-electron chi connectivity index (χ1n) is 12.5. The quantitative estimate of drug-likeness (QED) is 0.207. The molecule has 5 atom stereocenters. The van der Waals surface area contributed by atoms with E-state index in [0.29, 0.717) is 0 Å². The van der Waals surface area contributed by atoms with Crippen LogP contribution in [0.3, 0.4) is 0 Å². The average molecular weight is 511 g/mol. The van der Waals surface area contributed by atoms with Gasteiger partial charge in [0.2, 0.25) is 11.8 Å². The number of nitro groups is 1. The van der Waals surface area contributed by atoms with E-state index < -0.39 is 29.3 Å². The summed E-state index contributed by atoms with van der Waals surface area (Å²) in [7, 11) is 0. The van der Waals surface area contributed by atoms with Crippen LogP contribution in [-0.4, -0.2) is 47.4 Å². The van der Waals surface area contributed by atoms with Crippen LogP contribution in [0.1, 0.15) is 34.1 Å². The maximum absolute atomic E-state index is 13.6. The molecule has 1 aliphatic heterocycles. The fourth-order valence-electron chi connectivity index (χ4n) is 7.44. The zero-order chi connectivity index (χ0) is 26.2. The number of hydrogen-bond donors (Lipinski definition) is 0. The molecule has 2 fully saturated rings. The van der Waals surface area contributed by atoms with Crippen LogP contribution in [0, 0.1) is 22.0 Å². The molecule has 0 N–H and O–H groups in total. The zero-order valence-electron chi connectivity index (χ0n) is 20.1. The Morgan fingerprint density at radius 3 is 2.03 bits per heavy atom. The number of rotatable bonds is 7. The molecule has 0 radical (unpaired) electrons. The molecule has 0 bridgehead atoms. The van der Waals surface area contributed by atoms with Gasteiger partial charge in [0.1, 0.15) is 6.61 Å². The first-order valence-corrected chi connectivity index (χ1v) is 12.5. The Kier molecular flexibility index (Phi) is 4.76. The van der Waals surface area contributed by atoms with Gasteiger partial charge in [0.25, 0.3) is 0 Å². The number of imide groups is 1. The molecule has 3 aromatic carbocycles. The van der Waals surface area contributed by atoms with Crippen LogP contribution in [-0.2, 0) is 24.5 Å². The molecule has 1 heterocycles. The van der Waals surface area contributed by atoms with Gasteiger partial charge in [0.15, 0.2) is 12.4 Å². The smallest absolute Gasteiger partial charge is 0.344 e. The Morgan fingerprint density at radius 1 is 0.868 bits per heavy atom. The molecule has 9 heteroatoms. The topological polar surface area (TPSA) is 116 Å². The monoisotopic (exact) mass is 510 g/mol. The standard InChI is InChI=1S/C29H22N2O7/c32-22(15-38-21-12-6-5-11-20(21)31(35)36)37-14-13-30-27(33)23-24(28(30)34)26-17-8-2-4-10-19(17)29(26)18-9-3-1-7-16(18)25(23)29/h1-12,23-26H,13-15H2/t23-,24+,25-,26-,29?/m1/s1. The number of carbonyl (C=O) groups is 3. The van der Waals surface area contributed by atoms with Crippen LogP contribution in [0.25, 0.3) is 0 Å². The number of esters is 1. The number of para-hydroxylation sites is 2. The van der Waals surface area contributed by atoms with Gasteiger partial charge in [-0.15, -0.1) is 0 Å². The van der Waals surface area contributed by atoms with E-state index in [4.69, 9.17) is 9.47 Å². The maximum atomic E-state index is 13.6. The number of ether oxygens (including phenoxy) is 2. The molecule has 1 unspecified atom stereocenters. The Hall–Kier alpha value is -4.53. The minimum atomic E-state index is -0.748. The number of carbonyl (C=O) groups excluding carboxylic acids is 3. The highest BCUT2D eigenvalue weighted by atomic mass is 16.6. The molecule has 7 rings (SSSR count). The second-order valence-corrected chi connectivity index (χ2v) is 10.1. The second-order valence-electron chi connectivity index (χ2n) is 10.1. The highest BCUT2D eigenvalue weighted by Crippen LogP contribution is 2.80. The fraction of sp³-hybridized carbons (Fsp3) is 0.276. The van der Waals surface area contributed by atoms with Crippen LogP contribution in [0.2, 0.25) is 0 Å². The number of nitrogens with zero attached hydrogens (tertiary/aromatic N) is 2. The number of hydrogen-bond acceptors (Lipinski definition) is 7. The summed E-state index contributed by atoms with van der Waals surface area (Å²) in [6, 6.07) is 22.1. The van der Waals surface area contributed by atoms with Crippen molar-refractivity contribution in [1.29, 1.82) is 0 Å². The third-order valence-electron chi connectivity index (χ3n) is 8.66. The summed E-state index contributed by atoms with van der Waals surface area (Å²) >= 11 is 0. The Bertz CT molecular complexity index is 1470. The Morgan fingerprint density at radius 2 is 1.42 bits per heavy atom. The van der Waals surface area contributed by atoms with Crippen molar-refractivity contribution in [3.05, 3.63) is 105 Å². The molecular formula is C29H22N2O7. The van der Waals surface area contributed by atoms with Crippen LogP contribution >= 0.6 is 0 Å². The minimum absolute atomic E-state index is 0.0392. The average Bonchev–Trinajstić information content (AvgIpc) is 3.27. The van der Waals surface area contributed by atoms with Crippen molar-refractivity contribution < 1.29 is 28.8 Å². The van der Waals surface area contributed by atoms with Crippen molar-refractivity contribution in [2.24, 2.45) is 11.8 Å². The van der Waals surface area contributed by atoms with Crippen molar-refractivity contribution in [3.63, 3.8) is 0 Å². The predicted molar refractivity (Wildman–Crippen MR) is 132 cm³/mol. The summed E-state index contributed by atoms with van der Waals surface area (Å²) in [5.74, 6) is -2.18. The van der Waals surface area contributed by atoms with Crippen molar-refractivity contribution in [2.75, 3.05) is 19.8 Å². The predicted octanol–water partition coefficient (Wildman–Crippen LogP) is 3.31. The van der Waals surface area contributed by atoms with E-state index in [0.717, 1.165) is 11.1 Å². The lowest BCUT2D eigenvalue weighted by Gasteiger charge is -2.59. The van der Waals surface area contributed by atoms with E-state index in [1.165, 1.54) is 34.2 Å². The van der Waals surface area contributed by atoms with E-state index in [9.17, 15) is 24.5 Å². The van der Waals surface area contributed by atoms with Crippen molar-refractivity contribution in [3.8, 4) is 5.75 Å². The van der Waals surface area contributed by atoms with E-state index in [2.05, 4.69) is 24.3 Å². The number of amides is 2. The molecule has 4 aliphatic rings. The molecule has 0 aromatic heterocycles. The summed E-state index contributed by atoms with van der Waals surface area (Å²) in [5, 5.41) is 11.1. The maximum Gasteiger partial charge on any atom is 0.344 e. The lowest BCUT2D eigenvalue weighted by atomic mass is 9.43. The van der Waals surface area contributed by atoms with Crippen molar-refractivity contribution >= 4 is 23.5 Å². The van der Waals surface area contributed by atoms with Crippen molar-refractivity contribution in [2.45, 2.75) is 17.3 Å². The first-order chi connectivity index (χ1) is 18.5. The summed E-state index contributed by atoms with van der Waals surface area (Å²) in [5.41, 5.74) is 4.20. The zero-order valence-corrected chi connectivity index (χ0v) is 20.1. The van der Waals surface area contributed by atoms with Gasteiger partial charge in [-0.25, -0.2) is 4.79 Å². The normalized spacial score (nSPS) is 27.2. The van der Waals surface area contributed by atoms with E-state index in [1.807, 2.05) is 24.3 Å². The van der Waals surface area contributed by atoms with Gasteiger partial charge < -0.3 is 9.47 Å². The molecule has 3 aromatic rings. The van der Waals surface area contributed by atoms with Gasteiger partial charge in [0.05, 0.1) is 23.3 Å². The van der Waals surface area contributed by atoms with Gasteiger partial charge >= 0.3 is 11.7 Å². The van der Waals surface area contributed by atoms with Crippen molar-refractivity contribution in [1.82, 2.24) is 4.90 Å². The summed E-state index contributed by atoms with van der Waals surface area (Å²) in [6.45, 7) is -0.750. The molecule has 190 valence electrons.